The number of alkyl halides is 6. The van der Waals surface area contributed by atoms with Gasteiger partial charge in [-0.2, -0.15) is 26.3 Å². The molecule has 12 heteroatoms. The van der Waals surface area contributed by atoms with Crippen LogP contribution in [0.3, 0.4) is 0 Å². The van der Waals surface area contributed by atoms with Crippen LogP contribution in [0.15, 0.2) is 82.4 Å². The zero-order valence-corrected chi connectivity index (χ0v) is 20.2. The molecule has 2 aromatic carbocycles. The van der Waals surface area contributed by atoms with E-state index >= 15 is 0 Å². The highest BCUT2D eigenvalue weighted by atomic mass is 19.4. The maximum Gasteiger partial charge on any atom is 0.421 e. The van der Waals surface area contributed by atoms with E-state index in [1.807, 2.05) is 0 Å². The second kappa shape index (κ2) is 11.1. The number of para-hydroxylation sites is 1. The number of hydrogen-bond acceptors (Lipinski definition) is 4. The fourth-order valence-electron chi connectivity index (χ4n) is 3.91. The lowest BCUT2D eigenvalue weighted by Gasteiger charge is -2.42. The first-order valence-electron chi connectivity index (χ1n) is 11.2. The largest absolute Gasteiger partial charge is 0.467 e. The Hall–Kier alpha value is -4.09. The molecule has 2 N–H and O–H groups in total. The summed E-state index contributed by atoms with van der Waals surface area (Å²) in [5.41, 5.74) is -6.19. The number of rotatable bonds is 8. The average molecular weight is 539 g/mol. The molecule has 1 heterocycles. The van der Waals surface area contributed by atoms with Crippen molar-refractivity contribution in [1.29, 1.82) is 0 Å². The van der Waals surface area contributed by atoms with Crippen molar-refractivity contribution < 1.29 is 40.3 Å². The number of carbonyl (C=O) groups excluding carboxylic acids is 2. The van der Waals surface area contributed by atoms with Crippen molar-refractivity contribution in [3.05, 3.63) is 89.9 Å². The molecular weight excluding hydrogens is 516 g/mol. The lowest BCUT2D eigenvalue weighted by atomic mass is 9.77. The van der Waals surface area contributed by atoms with Crippen LogP contribution in [0.25, 0.3) is 0 Å². The van der Waals surface area contributed by atoms with Crippen molar-refractivity contribution in [2.75, 3.05) is 5.32 Å². The maximum absolute atomic E-state index is 14.7. The van der Waals surface area contributed by atoms with Gasteiger partial charge in [0.05, 0.1) is 12.8 Å². The number of furan rings is 1. The van der Waals surface area contributed by atoms with E-state index < -0.39 is 53.4 Å². The Bertz CT molecular complexity index is 1270. The van der Waals surface area contributed by atoms with Crippen LogP contribution in [-0.2, 0) is 11.3 Å². The number of nitrogens with zero attached hydrogens (tertiary/aromatic N) is 1. The molecule has 0 bridgehead atoms. The van der Waals surface area contributed by atoms with E-state index in [0.29, 0.717) is 0 Å². The van der Waals surface area contributed by atoms with E-state index in [1.165, 1.54) is 67.8 Å². The van der Waals surface area contributed by atoms with Crippen LogP contribution in [0.2, 0.25) is 0 Å². The van der Waals surface area contributed by atoms with Gasteiger partial charge in [0, 0.05) is 17.0 Å². The summed E-state index contributed by atoms with van der Waals surface area (Å²) in [5, 5.41) is 3.25. The Labute approximate surface area is 213 Å². The topological polar surface area (TPSA) is 83.7 Å². The number of aliphatic imine (C=N–C) groups is 1. The molecule has 202 valence electrons. The minimum absolute atomic E-state index is 0.0511. The Morgan fingerprint density at radius 2 is 1.50 bits per heavy atom. The summed E-state index contributed by atoms with van der Waals surface area (Å²) in [6.07, 6.45) is -11.1. The molecular formula is C26H23F6N3O3. The van der Waals surface area contributed by atoms with Crippen molar-refractivity contribution in [3.63, 3.8) is 0 Å². The minimum atomic E-state index is -6.18. The second-order valence-corrected chi connectivity index (χ2v) is 8.40. The highest BCUT2D eigenvalue weighted by Gasteiger charge is 2.77. The van der Waals surface area contributed by atoms with Crippen molar-refractivity contribution in [2.24, 2.45) is 10.9 Å². The lowest BCUT2D eigenvalue weighted by molar-refractivity contribution is -0.310. The van der Waals surface area contributed by atoms with Gasteiger partial charge in [-0.05, 0) is 49.7 Å². The number of amides is 2. The minimum Gasteiger partial charge on any atom is -0.467 e. The van der Waals surface area contributed by atoms with Crippen LogP contribution in [0.4, 0.5) is 32.0 Å². The van der Waals surface area contributed by atoms with Crippen LogP contribution in [0.1, 0.15) is 28.6 Å². The third-order valence-corrected chi connectivity index (χ3v) is 5.81. The number of anilines is 1. The molecule has 3 rings (SSSR count). The zero-order chi connectivity index (χ0) is 28.1. The molecule has 1 aromatic heterocycles. The van der Waals surface area contributed by atoms with Crippen molar-refractivity contribution in [3.8, 4) is 0 Å². The van der Waals surface area contributed by atoms with Gasteiger partial charge < -0.3 is 15.1 Å². The summed E-state index contributed by atoms with van der Waals surface area (Å²) >= 11 is 0. The Kier molecular flexibility index (Phi) is 8.33. The van der Waals surface area contributed by atoms with Crippen LogP contribution < -0.4 is 10.6 Å². The molecule has 0 aliphatic rings. The molecule has 2 amide bonds. The van der Waals surface area contributed by atoms with Gasteiger partial charge in [-0.1, -0.05) is 36.4 Å². The number of aryl methyl sites for hydroxylation is 1. The quantitative estimate of drug-likeness (QED) is 0.268. The third kappa shape index (κ3) is 5.90. The summed E-state index contributed by atoms with van der Waals surface area (Å²) < 4.78 is 93.2. The standard InChI is InChI=1S/C26H23F6N3O3/c1-16-9-6-7-13-20(16)22(36)35-24(25(27,28)29,26(30,31)32)21(17(2)33-15-19-12-8-14-38-19)23(37)34-18-10-4-3-5-11-18/h3-14,21H,15H2,1-2H3,(H,34,37)(H,35,36)/t21-/m0/s1. The number of halogens is 6. The number of hydrogen-bond donors (Lipinski definition) is 2. The Morgan fingerprint density at radius 3 is 2.05 bits per heavy atom. The van der Waals surface area contributed by atoms with Gasteiger partial charge in [0.2, 0.25) is 11.4 Å². The van der Waals surface area contributed by atoms with Crippen molar-refractivity contribution >= 4 is 23.2 Å². The van der Waals surface area contributed by atoms with Crippen LogP contribution in [0, 0.1) is 12.8 Å². The zero-order valence-electron chi connectivity index (χ0n) is 20.2. The molecule has 0 radical (unpaired) electrons. The molecule has 3 aromatic rings. The smallest absolute Gasteiger partial charge is 0.421 e. The monoisotopic (exact) mass is 539 g/mol. The Balaban J connectivity index is 2.21. The molecule has 6 nitrogen and oxygen atoms in total. The molecule has 0 unspecified atom stereocenters. The van der Waals surface area contributed by atoms with Gasteiger partial charge in [-0.3, -0.25) is 14.6 Å². The van der Waals surface area contributed by atoms with Gasteiger partial charge in [-0.15, -0.1) is 0 Å². The molecule has 0 saturated carbocycles. The first-order chi connectivity index (χ1) is 17.8. The first-order valence-corrected chi connectivity index (χ1v) is 11.2. The summed E-state index contributed by atoms with van der Waals surface area (Å²) in [4.78, 5) is 30.0. The molecule has 0 aliphatic heterocycles. The number of benzene rings is 2. The van der Waals surface area contributed by atoms with E-state index in [4.69, 9.17) is 4.42 Å². The maximum atomic E-state index is 14.7. The van der Waals surface area contributed by atoms with E-state index in [0.717, 1.165) is 18.3 Å². The summed E-state index contributed by atoms with van der Waals surface area (Å²) in [7, 11) is 0. The van der Waals surface area contributed by atoms with E-state index in [-0.39, 0.29) is 17.0 Å². The summed E-state index contributed by atoms with van der Waals surface area (Å²) in [6.45, 7) is 1.78. The van der Waals surface area contributed by atoms with Gasteiger partial charge in [0.15, 0.2) is 0 Å². The molecule has 0 saturated heterocycles. The van der Waals surface area contributed by atoms with Gasteiger partial charge >= 0.3 is 12.4 Å². The van der Waals surface area contributed by atoms with Gasteiger partial charge in [-0.25, -0.2) is 0 Å². The molecule has 0 fully saturated rings. The first kappa shape index (κ1) is 28.5. The van der Waals surface area contributed by atoms with E-state index in [2.05, 4.69) is 10.3 Å². The molecule has 1 atom stereocenters. The highest BCUT2D eigenvalue weighted by Crippen LogP contribution is 2.49. The van der Waals surface area contributed by atoms with Crippen LogP contribution in [0.5, 0.6) is 0 Å². The van der Waals surface area contributed by atoms with Gasteiger partial charge in [0.25, 0.3) is 5.91 Å². The van der Waals surface area contributed by atoms with Crippen LogP contribution in [-0.4, -0.2) is 35.4 Å². The third-order valence-electron chi connectivity index (χ3n) is 5.81. The summed E-state index contributed by atoms with van der Waals surface area (Å²) in [5.74, 6) is -6.23. The normalized spacial score (nSPS) is 13.6. The average Bonchev–Trinajstić information content (AvgIpc) is 3.35. The highest BCUT2D eigenvalue weighted by molar-refractivity contribution is 6.10. The van der Waals surface area contributed by atoms with Crippen molar-refractivity contribution in [1.82, 2.24) is 5.32 Å². The molecule has 0 spiro atoms. The molecule has 0 aliphatic carbocycles. The second-order valence-electron chi connectivity index (χ2n) is 8.40. The van der Waals surface area contributed by atoms with Crippen LogP contribution >= 0.6 is 0 Å². The predicted molar refractivity (Wildman–Crippen MR) is 128 cm³/mol. The number of carbonyl (C=O) groups is 2. The number of nitrogens with one attached hydrogen (secondary N) is 2. The molecule has 38 heavy (non-hydrogen) atoms. The van der Waals surface area contributed by atoms with E-state index in [1.54, 1.807) is 6.07 Å². The summed E-state index contributed by atoms with van der Waals surface area (Å²) in [6, 6.07) is 15.1. The lowest BCUT2D eigenvalue weighted by Crippen LogP contribution is -2.74. The predicted octanol–water partition coefficient (Wildman–Crippen LogP) is 6.10. The Morgan fingerprint density at radius 1 is 0.895 bits per heavy atom. The van der Waals surface area contributed by atoms with E-state index in [9.17, 15) is 35.9 Å². The van der Waals surface area contributed by atoms with Gasteiger partial charge in [0.1, 0.15) is 11.7 Å². The fourth-order valence-corrected chi connectivity index (χ4v) is 3.91. The fraction of sp³-hybridized carbons (Fsp3) is 0.269. The van der Waals surface area contributed by atoms with Crippen molar-refractivity contribution in [2.45, 2.75) is 38.3 Å². The SMILES string of the molecule is CC(=NCc1ccco1)[C@@H](C(=O)Nc1ccccc1)C(NC(=O)c1ccccc1C)(C(F)(F)F)C(F)(F)F.